The Balaban J connectivity index is 1.37. The normalized spacial score (nSPS) is 24.0. The fourth-order valence-corrected chi connectivity index (χ4v) is 3.59. The smallest absolute Gasteiger partial charge is 0.320 e. The number of amides is 3. The molecule has 1 N–H and O–H groups in total. The van der Waals surface area contributed by atoms with Gasteiger partial charge in [0.25, 0.3) is 0 Å². The lowest BCUT2D eigenvalue weighted by Crippen LogP contribution is -2.53. The third-order valence-corrected chi connectivity index (χ3v) is 4.98. The summed E-state index contributed by atoms with van der Waals surface area (Å²) in [7, 11) is 0. The van der Waals surface area contributed by atoms with E-state index in [0.29, 0.717) is 32.8 Å². The van der Waals surface area contributed by atoms with Gasteiger partial charge in [0.2, 0.25) is 5.91 Å². The van der Waals surface area contributed by atoms with Crippen molar-refractivity contribution in [1.29, 1.82) is 0 Å². The minimum atomic E-state index is 0.121. The summed E-state index contributed by atoms with van der Waals surface area (Å²) in [5.74, 6) is 0.129. The van der Waals surface area contributed by atoms with Crippen LogP contribution in [0.25, 0.3) is 0 Å². The number of ether oxygens (including phenoxy) is 1. The molecule has 0 saturated carbocycles. The van der Waals surface area contributed by atoms with Crippen molar-refractivity contribution in [2.75, 3.05) is 59.0 Å². The highest BCUT2D eigenvalue weighted by atomic mass is 16.5. The van der Waals surface area contributed by atoms with E-state index in [1.54, 1.807) is 0 Å². The largest absolute Gasteiger partial charge is 0.378 e. The first-order valence-corrected chi connectivity index (χ1v) is 8.86. The van der Waals surface area contributed by atoms with Crippen LogP contribution in [0.1, 0.15) is 25.7 Å². The Bertz CT molecular complexity index is 412. The standard InChI is InChI=1S/C16H28N4O3/c21-15(13-18-5-1-2-6-18)17-14-3-7-19(8-4-14)16(22)20-9-11-23-12-10-20/h14H,1-13H2,(H,17,21). The van der Waals surface area contributed by atoms with Gasteiger partial charge >= 0.3 is 6.03 Å². The number of nitrogens with zero attached hydrogens (tertiary/aromatic N) is 3. The molecule has 0 bridgehead atoms. The second-order valence-corrected chi connectivity index (χ2v) is 6.69. The number of carbonyl (C=O) groups is 2. The van der Waals surface area contributed by atoms with Crippen molar-refractivity contribution < 1.29 is 14.3 Å². The molecule has 3 amide bonds. The number of hydrogen-bond acceptors (Lipinski definition) is 4. The Morgan fingerprint density at radius 3 is 2.17 bits per heavy atom. The van der Waals surface area contributed by atoms with E-state index in [1.165, 1.54) is 12.8 Å². The maximum atomic E-state index is 12.4. The predicted molar refractivity (Wildman–Crippen MR) is 86.2 cm³/mol. The van der Waals surface area contributed by atoms with Gasteiger partial charge in [-0.3, -0.25) is 9.69 Å². The SMILES string of the molecule is O=C(CN1CCCC1)NC1CCN(C(=O)N2CCOCC2)CC1. The van der Waals surface area contributed by atoms with Gasteiger partial charge < -0.3 is 19.9 Å². The topological polar surface area (TPSA) is 65.1 Å². The molecule has 0 aromatic rings. The fourth-order valence-electron chi connectivity index (χ4n) is 3.59. The highest BCUT2D eigenvalue weighted by molar-refractivity contribution is 5.78. The van der Waals surface area contributed by atoms with E-state index >= 15 is 0 Å². The quantitative estimate of drug-likeness (QED) is 0.801. The van der Waals surface area contributed by atoms with Crippen molar-refractivity contribution in [3.8, 4) is 0 Å². The molecule has 3 fully saturated rings. The molecule has 0 radical (unpaired) electrons. The maximum absolute atomic E-state index is 12.4. The van der Waals surface area contributed by atoms with Gasteiger partial charge in [0, 0.05) is 32.2 Å². The molecule has 0 aromatic heterocycles. The summed E-state index contributed by atoms with van der Waals surface area (Å²) in [5, 5.41) is 3.13. The average molecular weight is 324 g/mol. The lowest BCUT2D eigenvalue weighted by molar-refractivity contribution is -0.123. The second kappa shape index (κ2) is 7.97. The van der Waals surface area contributed by atoms with Crippen LogP contribution in [0.4, 0.5) is 4.79 Å². The first-order chi connectivity index (χ1) is 11.2. The van der Waals surface area contributed by atoms with E-state index in [-0.39, 0.29) is 18.0 Å². The van der Waals surface area contributed by atoms with Gasteiger partial charge in [-0.05, 0) is 38.8 Å². The monoisotopic (exact) mass is 324 g/mol. The third-order valence-electron chi connectivity index (χ3n) is 4.98. The average Bonchev–Trinajstić information content (AvgIpc) is 3.08. The highest BCUT2D eigenvalue weighted by Crippen LogP contribution is 2.14. The van der Waals surface area contributed by atoms with Crippen LogP contribution in [0.15, 0.2) is 0 Å². The zero-order chi connectivity index (χ0) is 16.1. The van der Waals surface area contributed by atoms with Crippen molar-refractivity contribution in [1.82, 2.24) is 20.0 Å². The summed E-state index contributed by atoms with van der Waals surface area (Å²) >= 11 is 0. The molecule has 0 aliphatic carbocycles. The van der Waals surface area contributed by atoms with E-state index in [4.69, 9.17) is 4.74 Å². The maximum Gasteiger partial charge on any atom is 0.320 e. The van der Waals surface area contributed by atoms with Crippen LogP contribution in [-0.4, -0.2) is 91.7 Å². The first-order valence-electron chi connectivity index (χ1n) is 8.86. The molecule has 0 atom stereocenters. The summed E-state index contributed by atoms with van der Waals surface area (Å²) in [4.78, 5) is 30.5. The Kier molecular flexibility index (Phi) is 5.72. The van der Waals surface area contributed by atoms with Crippen LogP contribution >= 0.6 is 0 Å². The summed E-state index contributed by atoms with van der Waals surface area (Å²) in [6.07, 6.45) is 4.11. The summed E-state index contributed by atoms with van der Waals surface area (Å²) in [6.45, 7) is 6.70. The van der Waals surface area contributed by atoms with Gasteiger partial charge in [-0.25, -0.2) is 4.79 Å². The highest BCUT2D eigenvalue weighted by Gasteiger charge is 2.28. The van der Waals surface area contributed by atoms with Crippen LogP contribution in [0.3, 0.4) is 0 Å². The molecule has 3 heterocycles. The molecule has 130 valence electrons. The van der Waals surface area contributed by atoms with Crippen LogP contribution < -0.4 is 5.32 Å². The zero-order valence-corrected chi connectivity index (χ0v) is 13.8. The molecule has 3 aliphatic heterocycles. The summed E-state index contributed by atoms with van der Waals surface area (Å²) < 4.78 is 5.29. The number of piperidine rings is 1. The van der Waals surface area contributed by atoms with Crippen LogP contribution in [0.5, 0.6) is 0 Å². The molecular formula is C16H28N4O3. The number of urea groups is 1. The lowest BCUT2D eigenvalue weighted by Gasteiger charge is -2.37. The number of hydrogen-bond donors (Lipinski definition) is 1. The number of carbonyl (C=O) groups excluding carboxylic acids is 2. The van der Waals surface area contributed by atoms with Crippen molar-refractivity contribution in [3.05, 3.63) is 0 Å². The van der Waals surface area contributed by atoms with Crippen molar-refractivity contribution in [2.24, 2.45) is 0 Å². The molecule has 7 nitrogen and oxygen atoms in total. The van der Waals surface area contributed by atoms with E-state index in [0.717, 1.165) is 39.0 Å². The van der Waals surface area contributed by atoms with Crippen molar-refractivity contribution >= 4 is 11.9 Å². The summed E-state index contributed by atoms with van der Waals surface area (Å²) in [6, 6.07) is 0.328. The van der Waals surface area contributed by atoms with Crippen LogP contribution in [0, 0.1) is 0 Å². The first kappa shape index (κ1) is 16.5. The number of likely N-dealkylation sites (tertiary alicyclic amines) is 2. The Morgan fingerprint density at radius 1 is 0.913 bits per heavy atom. The zero-order valence-electron chi connectivity index (χ0n) is 13.8. The van der Waals surface area contributed by atoms with E-state index in [1.807, 2.05) is 9.80 Å². The number of morpholine rings is 1. The minimum absolute atomic E-state index is 0.121. The van der Waals surface area contributed by atoms with Gasteiger partial charge in [-0.2, -0.15) is 0 Å². The van der Waals surface area contributed by atoms with Gasteiger partial charge in [0.15, 0.2) is 0 Å². The predicted octanol–water partition coefficient (Wildman–Crippen LogP) is 0.115. The number of rotatable bonds is 3. The van der Waals surface area contributed by atoms with Gasteiger partial charge in [-0.1, -0.05) is 0 Å². The molecule has 3 saturated heterocycles. The van der Waals surface area contributed by atoms with Crippen molar-refractivity contribution in [2.45, 2.75) is 31.7 Å². The minimum Gasteiger partial charge on any atom is -0.378 e. The molecule has 0 unspecified atom stereocenters. The molecule has 3 aliphatic rings. The Labute approximate surface area is 137 Å². The Hall–Kier alpha value is -1.34. The molecule has 0 spiro atoms. The van der Waals surface area contributed by atoms with E-state index < -0.39 is 0 Å². The molecule has 0 aromatic carbocycles. The second-order valence-electron chi connectivity index (χ2n) is 6.69. The van der Waals surface area contributed by atoms with Gasteiger partial charge in [0.1, 0.15) is 0 Å². The van der Waals surface area contributed by atoms with Gasteiger partial charge in [0.05, 0.1) is 19.8 Å². The molecular weight excluding hydrogens is 296 g/mol. The van der Waals surface area contributed by atoms with Crippen molar-refractivity contribution in [3.63, 3.8) is 0 Å². The molecule has 7 heteroatoms. The molecule has 23 heavy (non-hydrogen) atoms. The van der Waals surface area contributed by atoms with E-state index in [2.05, 4.69) is 10.2 Å². The lowest BCUT2D eigenvalue weighted by atomic mass is 10.1. The summed E-state index contributed by atoms with van der Waals surface area (Å²) in [5.41, 5.74) is 0. The molecule has 3 rings (SSSR count). The number of nitrogens with one attached hydrogen (secondary N) is 1. The van der Waals surface area contributed by atoms with Crippen LogP contribution in [0.2, 0.25) is 0 Å². The van der Waals surface area contributed by atoms with E-state index in [9.17, 15) is 9.59 Å². The van der Waals surface area contributed by atoms with Crippen LogP contribution in [-0.2, 0) is 9.53 Å². The Morgan fingerprint density at radius 2 is 1.52 bits per heavy atom. The van der Waals surface area contributed by atoms with Gasteiger partial charge in [-0.15, -0.1) is 0 Å². The third kappa shape index (κ3) is 4.57. The fraction of sp³-hybridized carbons (Fsp3) is 0.875.